The first-order chi connectivity index (χ1) is 13.3. The second kappa shape index (κ2) is 9.88. The van der Waals surface area contributed by atoms with E-state index in [0.717, 1.165) is 23.4 Å². The summed E-state index contributed by atoms with van der Waals surface area (Å²) >= 11 is 0. The van der Waals surface area contributed by atoms with Crippen molar-refractivity contribution < 1.29 is 4.79 Å². The summed E-state index contributed by atoms with van der Waals surface area (Å²) in [6.45, 7) is 9.43. The highest BCUT2D eigenvalue weighted by molar-refractivity contribution is 5.86. The number of aliphatic imine (C=N–C) groups is 1. The number of carbonyl (C=O) groups is 1. The number of rotatable bonds is 6. The van der Waals surface area contributed by atoms with E-state index >= 15 is 0 Å². The molecule has 0 saturated heterocycles. The van der Waals surface area contributed by atoms with E-state index in [0.29, 0.717) is 12.5 Å². The van der Waals surface area contributed by atoms with Gasteiger partial charge in [0.25, 0.3) is 0 Å². The first-order valence-corrected chi connectivity index (χ1v) is 9.59. The molecule has 2 aromatic rings. The average Bonchev–Trinajstić information content (AvgIpc) is 2.64. The van der Waals surface area contributed by atoms with Crippen molar-refractivity contribution in [3.05, 3.63) is 54.2 Å². The van der Waals surface area contributed by atoms with E-state index in [-0.39, 0.29) is 18.0 Å². The van der Waals surface area contributed by atoms with Crippen molar-refractivity contribution in [3.8, 4) is 11.3 Å². The van der Waals surface area contributed by atoms with Crippen LogP contribution in [-0.4, -0.2) is 47.4 Å². The van der Waals surface area contributed by atoms with Crippen molar-refractivity contribution in [2.45, 2.75) is 39.8 Å². The van der Waals surface area contributed by atoms with Crippen LogP contribution in [0.2, 0.25) is 0 Å². The Kier molecular flexibility index (Phi) is 7.55. The van der Waals surface area contributed by atoms with Crippen LogP contribution in [0.4, 0.5) is 0 Å². The largest absolute Gasteiger partial charge is 0.357 e. The molecule has 0 fully saturated rings. The number of likely N-dealkylation sites (N-methyl/N-ethyl adjacent to an activating group) is 1. The third-order valence-corrected chi connectivity index (χ3v) is 3.89. The molecule has 1 heterocycles. The highest BCUT2D eigenvalue weighted by atomic mass is 16.2. The van der Waals surface area contributed by atoms with Crippen molar-refractivity contribution in [2.24, 2.45) is 4.99 Å². The van der Waals surface area contributed by atoms with Crippen LogP contribution in [0.1, 0.15) is 33.3 Å². The molecular formula is C22H31N5O. The van der Waals surface area contributed by atoms with E-state index in [1.165, 1.54) is 0 Å². The minimum absolute atomic E-state index is 0.0299. The van der Waals surface area contributed by atoms with Crippen LogP contribution in [0.25, 0.3) is 11.3 Å². The van der Waals surface area contributed by atoms with E-state index in [9.17, 15) is 4.79 Å². The molecule has 1 aromatic heterocycles. The molecule has 6 nitrogen and oxygen atoms in total. The van der Waals surface area contributed by atoms with E-state index in [2.05, 4.69) is 21.7 Å². The first-order valence-electron chi connectivity index (χ1n) is 9.59. The van der Waals surface area contributed by atoms with Gasteiger partial charge in [-0.15, -0.1) is 0 Å². The van der Waals surface area contributed by atoms with Gasteiger partial charge >= 0.3 is 0 Å². The maximum atomic E-state index is 12.2. The van der Waals surface area contributed by atoms with Gasteiger partial charge in [-0.1, -0.05) is 24.3 Å². The summed E-state index contributed by atoms with van der Waals surface area (Å²) in [7, 11) is 1.87. The second-order valence-electron chi connectivity index (χ2n) is 7.74. The summed E-state index contributed by atoms with van der Waals surface area (Å²) in [5, 5.41) is 6.23. The number of carbonyl (C=O) groups excluding carboxylic acids is 1. The number of benzene rings is 1. The standard InChI is InChI=1S/C22H31N5O/c1-6-23-21(27(5)16-20(28)26-22(2,3)4)25-15-17-10-9-11-18(14-17)19-12-7-8-13-24-19/h7-14H,6,15-16H2,1-5H3,(H,23,25)(H,26,28). The lowest BCUT2D eigenvalue weighted by atomic mass is 10.1. The summed E-state index contributed by atoms with van der Waals surface area (Å²) < 4.78 is 0. The number of hydrogen-bond donors (Lipinski definition) is 2. The molecule has 0 aliphatic rings. The van der Waals surface area contributed by atoms with Crippen molar-refractivity contribution in [1.82, 2.24) is 20.5 Å². The Morgan fingerprint density at radius 3 is 2.61 bits per heavy atom. The fourth-order valence-corrected chi connectivity index (χ4v) is 2.75. The van der Waals surface area contributed by atoms with E-state index in [4.69, 9.17) is 4.99 Å². The fraction of sp³-hybridized carbons (Fsp3) is 0.409. The van der Waals surface area contributed by atoms with Crippen LogP contribution in [0.15, 0.2) is 53.7 Å². The van der Waals surface area contributed by atoms with Gasteiger partial charge in [0.15, 0.2) is 5.96 Å². The molecule has 2 rings (SSSR count). The molecule has 0 unspecified atom stereocenters. The van der Waals surface area contributed by atoms with Crippen LogP contribution in [-0.2, 0) is 11.3 Å². The zero-order chi connectivity index (χ0) is 20.6. The molecule has 1 amide bonds. The monoisotopic (exact) mass is 381 g/mol. The molecule has 0 radical (unpaired) electrons. The lowest BCUT2D eigenvalue weighted by Gasteiger charge is -2.25. The quantitative estimate of drug-likeness (QED) is 0.596. The smallest absolute Gasteiger partial charge is 0.240 e. The zero-order valence-electron chi connectivity index (χ0n) is 17.5. The fourth-order valence-electron chi connectivity index (χ4n) is 2.75. The predicted molar refractivity (Wildman–Crippen MR) is 115 cm³/mol. The van der Waals surface area contributed by atoms with Crippen LogP contribution in [0, 0.1) is 0 Å². The molecular weight excluding hydrogens is 350 g/mol. The van der Waals surface area contributed by atoms with Gasteiger partial charge in [-0.3, -0.25) is 9.78 Å². The van der Waals surface area contributed by atoms with Gasteiger partial charge in [-0.05, 0) is 51.5 Å². The molecule has 0 spiro atoms. The Labute approximate surface area is 168 Å². The molecule has 0 atom stereocenters. The van der Waals surface area contributed by atoms with Crippen molar-refractivity contribution >= 4 is 11.9 Å². The normalized spacial score (nSPS) is 11.8. The van der Waals surface area contributed by atoms with Crippen molar-refractivity contribution in [3.63, 3.8) is 0 Å². The van der Waals surface area contributed by atoms with Crippen LogP contribution in [0.3, 0.4) is 0 Å². The van der Waals surface area contributed by atoms with Crippen molar-refractivity contribution in [2.75, 3.05) is 20.1 Å². The summed E-state index contributed by atoms with van der Waals surface area (Å²) in [5.41, 5.74) is 2.85. The number of guanidine groups is 1. The van der Waals surface area contributed by atoms with Gasteiger partial charge < -0.3 is 15.5 Å². The topological polar surface area (TPSA) is 69.6 Å². The molecule has 150 valence electrons. The molecule has 0 aliphatic carbocycles. The second-order valence-corrected chi connectivity index (χ2v) is 7.74. The Hall–Kier alpha value is -2.89. The number of nitrogens with one attached hydrogen (secondary N) is 2. The van der Waals surface area contributed by atoms with Gasteiger partial charge in [-0.2, -0.15) is 0 Å². The molecule has 2 N–H and O–H groups in total. The first kappa shape index (κ1) is 21.4. The Bertz CT molecular complexity index is 796. The van der Waals surface area contributed by atoms with Crippen LogP contribution >= 0.6 is 0 Å². The average molecular weight is 382 g/mol. The van der Waals surface area contributed by atoms with Gasteiger partial charge in [0.05, 0.1) is 18.8 Å². The van der Waals surface area contributed by atoms with Crippen LogP contribution < -0.4 is 10.6 Å². The number of amides is 1. The van der Waals surface area contributed by atoms with Gasteiger partial charge in [0.2, 0.25) is 5.91 Å². The number of nitrogens with zero attached hydrogens (tertiary/aromatic N) is 3. The minimum Gasteiger partial charge on any atom is -0.357 e. The molecule has 0 aliphatic heterocycles. The number of pyridine rings is 1. The maximum absolute atomic E-state index is 12.2. The highest BCUT2D eigenvalue weighted by Crippen LogP contribution is 2.18. The number of hydrogen-bond acceptors (Lipinski definition) is 3. The predicted octanol–water partition coefficient (Wildman–Crippen LogP) is 3.06. The summed E-state index contributed by atoms with van der Waals surface area (Å²) in [5.74, 6) is 0.674. The van der Waals surface area contributed by atoms with Gasteiger partial charge in [-0.25, -0.2) is 4.99 Å². The summed E-state index contributed by atoms with van der Waals surface area (Å²) in [4.78, 5) is 23.2. The third kappa shape index (κ3) is 7.02. The van der Waals surface area contributed by atoms with E-state index < -0.39 is 0 Å². The molecule has 0 saturated carbocycles. The zero-order valence-corrected chi connectivity index (χ0v) is 17.5. The Morgan fingerprint density at radius 1 is 1.18 bits per heavy atom. The van der Waals surface area contributed by atoms with E-state index in [1.54, 1.807) is 6.20 Å². The highest BCUT2D eigenvalue weighted by Gasteiger charge is 2.16. The summed E-state index contributed by atoms with van der Waals surface area (Å²) in [6.07, 6.45) is 1.79. The molecule has 28 heavy (non-hydrogen) atoms. The van der Waals surface area contributed by atoms with Gasteiger partial charge in [0.1, 0.15) is 0 Å². The molecule has 6 heteroatoms. The van der Waals surface area contributed by atoms with E-state index in [1.807, 2.05) is 76.0 Å². The summed E-state index contributed by atoms with van der Waals surface area (Å²) in [6, 6.07) is 14.1. The number of aromatic nitrogens is 1. The Morgan fingerprint density at radius 2 is 1.96 bits per heavy atom. The SMILES string of the molecule is CCNC(=NCc1cccc(-c2ccccn2)c1)N(C)CC(=O)NC(C)(C)C. The third-order valence-electron chi connectivity index (χ3n) is 3.89. The maximum Gasteiger partial charge on any atom is 0.240 e. The molecule has 0 bridgehead atoms. The molecule has 1 aromatic carbocycles. The van der Waals surface area contributed by atoms with Crippen LogP contribution in [0.5, 0.6) is 0 Å². The lowest BCUT2D eigenvalue weighted by molar-refractivity contribution is -0.122. The minimum atomic E-state index is -0.251. The lowest BCUT2D eigenvalue weighted by Crippen LogP contribution is -2.48. The van der Waals surface area contributed by atoms with Gasteiger partial charge in [0, 0.05) is 30.9 Å². The van der Waals surface area contributed by atoms with Crippen molar-refractivity contribution in [1.29, 1.82) is 0 Å². The Balaban J connectivity index is 2.09.